The number of hydrogen-bond donors (Lipinski definition) is 0. The Kier molecular flexibility index (Phi) is 7.16. The summed E-state index contributed by atoms with van der Waals surface area (Å²) in [5.74, 6) is 0. The van der Waals surface area contributed by atoms with Crippen molar-refractivity contribution in [1.82, 2.24) is 14.5 Å². The van der Waals surface area contributed by atoms with Crippen LogP contribution in [0.3, 0.4) is 0 Å². The molecule has 5 nitrogen and oxygen atoms in total. The summed E-state index contributed by atoms with van der Waals surface area (Å²) in [5.41, 5.74) is 0.792. The summed E-state index contributed by atoms with van der Waals surface area (Å²) in [4.78, 5) is 18.3. The van der Waals surface area contributed by atoms with E-state index >= 15 is 0 Å². The lowest BCUT2D eigenvalue weighted by Crippen LogP contribution is -2.39. The van der Waals surface area contributed by atoms with Crippen LogP contribution in [-0.4, -0.2) is 51.7 Å². The number of rotatable bonds is 6. The number of aryl methyl sites for hydroxylation is 1. The Labute approximate surface area is 156 Å². The van der Waals surface area contributed by atoms with Crippen LogP contribution in [0, 0.1) is 6.92 Å². The normalized spacial score (nSPS) is 20.5. The van der Waals surface area contributed by atoms with Crippen LogP contribution in [0.1, 0.15) is 19.0 Å². The van der Waals surface area contributed by atoms with E-state index in [9.17, 15) is 4.79 Å². The number of hydrogen-bond acceptors (Lipinski definition) is 3. The molecule has 132 valence electrons. The fraction of sp³-hybridized carbons (Fsp3) is 0.500. The lowest BCUT2D eigenvalue weighted by molar-refractivity contribution is 0.0703. The molecule has 0 aliphatic heterocycles. The zero-order valence-corrected chi connectivity index (χ0v) is 15.9. The standard InChI is InChI=1S/C16H20Cl3N3O2/c1-3-4-21(16(23)22-10-20-9-11(22)2)5-6-24-15-13(18)7-12(17)8-14(15)19/h7-10,13,15H,3-6H2,1-2H3/t13?,15-/m1/s1. The second kappa shape index (κ2) is 8.90. The van der Waals surface area contributed by atoms with Gasteiger partial charge in [-0.3, -0.25) is 4.57 Å². The van der Waals surface area contributed by atoms with Crippen LogP contribution in [-0.2, 0) is 4.74 Å². The maximum absolute atomic E-state index is 12.6. The van der Waals surface area contributed by atoms with Crippen LogP contribution in [0.2, 0.25) is 0 Å². The lowest BCUT2D eigenvalue weighted by atomic mass is 10.1. The Bertz CT molecular complexity index is 642. The number of carbonyl (C=O) groups excluding carboxylic acids is 1. The summed E-state index contributed by atoms with van der Waals surface area (Å²) in [6.45, 7) is 5.25. The fourth-order valence-electron chi connectivity index (χ4n) is 2.40. The number of ether oxygens (including phenoxy) is 1. The topological polar surface area (TPSA) is 47.4 Å². The fourth-order valence-corrected chi connectivity index (χ4v) is 3.50. The van der Waals surface area contributed by atoms with Crippen LogP contribution in [0.15, 0.2) is 34.7 Å². The number of carbonyl (C=O) groups is 1. The number of aromatic nitrogens is 2. The summed E-state index contributed by atoms with van der Waals surface area (Å²) in [6.07, 6.45) is 6.87. The van der Waals surface area contributed by atoms with Gasteiger partial charge in [0.15, 0.2) is 0 Å². The van der Waals surface area contributed by atoms with Crippen molar-refractivity contribution < 1.29 is 9.53 Å². The molecule has 1 aliphatic carbocycles. The molecule has 2 atom stereocenters. The van der Waals surface area contributed by atoms with E-state index in [4.69, 9.17) is 39.5 Å². The van der Waals surface area contributed by atoms with Crippen molar-refractivity contribution in [1.29, 1.82) is 0 Å². The molecule has 0 radical (unpaired) electrons. The number of amides is 1. The van der Waals surface area contributed by atoms with Gasteiger partial charge in [0, 0.05) is 30.0 Å². The van der Waals surface area contributed by atoms with E-state index in [0.29, 0.717) is 29.8 Å². The Balaban J connectivity index is 1.94. The first-order valence-corrected chi connectivity index (χ1v) is 8.91. The van der Waals surface area contributed by atoms with E-state index < -0.39 is 11.5 Å². The molecule has 24 heavy (non-hydrogen) atoms. The Morgan fingerprint density at radius 3 is 2.75 bits per heavy atom. The van der Waals surface area contributed by atoms with Gasteiger partial charge in [-0.15, -0.1) is 11.6 Å². The maximum atomic E-state index is 12.6. The minimum absolute atomic E-state index is 0.119. The Morgan fingerprint density at radius 1 is 1.42 bits per heavy atom. The molecule has 1 aromatic rings. The first kappa shape index (κ1) is 19.3. The summed E-state index contributed by atoms with van der Waals surface area (Å²) < 4.78 is 7.30. The number of alkyl halides is 1. The van der Waals surface area contributed by atoms with Crippen LogP contribution < -0.4 is 0 Å². The molecule has 1 unspecified atom stereocenters. The van der Waals surface area contributed by atoms with Crippen LogP contribution in [0.5, 0.6) is 0 Å². The van der Waals surface area contributed by atoms with Crippen molar-refractivity contribution in [3.05, 3.63) is 40.4 Å². The SMILES string of the molecule is CCCN(CCO[C@H]1C(Cl)=CC(Cl)=CC1Cl)C(=O)n1cncc1C. The van der Waals surface area contributed by atoms with Gasteiger partial charge in [-0.05, 0) is 25.5 Å². The van der Waals surface area contributed by atoms with Crippen LogP contribution >= 0.6 is 34.8 Å². The molecule has 0 bridgehead atoms. The zero-order valence-electron chi connectivity index (χ0n) is 13.6. The highest BCUT2D eigenvalue weighted by atomic mass is 35.5. The van der Waals surface area contributed by atoms with Crippen LogP contribution in [0.25, 0.3) is 0 Å². The molecule has 1 aliphatic rings. The smallest absolute Gasteiger partial charge is 0.329 e. The first-order valence-electron chi connectivity index (χ1n) is 7.72. The Morgan fingerprint density at radius 2 is 2.17 bits per heavy atom. The summed E-state index contributed by atoms with van der Waals surface area (Å²) in [7, 11) is 0. The minimum atomic E-state index is -0.454. The highest BCUT2D eigenvalue weighted by Crippen LogP contribution is 2.29. The van der Waals surface area contributed by atoms with E-state index in [1.807, 2.05) is 13.8 Å². The molecule has 0 spiro atoms. The average Bonchev–Trinajstić information content (AvgIpc) is 2.94. The van der Waals surface area contributed by atoms with Gasteiger partial charge in [0.05, 0.1) is 17.0 Å². The van der Waals surface area contributed by atoms with E-state index in [-0.39, 0.29) is 6.03 Å². The monoisotopic (exact) mass is 391 g/mol. The summed E-state index contributed by atoms with van der Waals surface area (Å²) in [5, 5.41) is 0.528. The molecule has 8 heteroatoms. The molecular weight excluding hydrogens is 373 g/mol. The van der Waals surface area contributed by atoms with Crippen LogP contribution in [0.4, 0.5) is 4.79 Å². The van der Waals surface area contributed by atoms with Gasteiger partial charge < -0.3 is 9.64 Å². The van der Waals surface area contributed by atoms with Gasteiger partial charge in [0.25, 0.3) is 0 Å². The second-order valence-electron chi connectivity index (χ2n) is 5.49. The molecule has 0 fully saturated rings. The largest absolute Gasteiger partial charge is 0.369 e. The highest BCUT2D eigenvalue weighted by Gasteiger charge is 2.26. The van der Waals surface area contributed by atoms with Crippen molar-refractivity contribution in [2.75, 3.05) is 19.7 Å². The van der Waals surface area contributed by atoms with E-state index in [2.05, 4.69) is 4.98 Å². The highest BCUT2D eigenvalue weighted by molar-refractivity contribution is 6.37. The molecule has 0 N–H and O–H groups in total. The third-order valence-electron chi connectivity index (χ3n) is 3.61. The second-order valence-corrected chi connectivity index (χ2v) is 6.87. The third-order valence-corrected chi connectivity index (χ3v) is 4.52. The quantitative estimate of drug-likeness (QED) is 0.684. The van der Waals surface area contributed by atoms with Gasteiger partial charge in [-0.2, -0.15) is 0 Å². The Hall–Kier alpha value is -1.01. The van der Waals surface area contributed by atoms with Gasteiger partial charge in [0.2, 0.25) is 0 Å². The molecule has 0 saturated carbocycles. The first-order chi connectivity index (χ1) is 11.4. The predicted octanol–water partition coefficient (Wildman–Crippen LogP) is 4.12. The number of nitrogens with zero attached hydrogens (tertiary/aromatic N) is 3. The summed E-state index contributed by atoms with van der Waals surface area (Å²) >= 11 is 18.3. The van der Waals surface area contributed by atoms with Crippen molar-refractivity contribution in [2.45, 2.75) is 31.7 Å². The van der Waals surface area contributed by atoms with Gasteiger partial charge in [-0.1, -0.05) is 30.1 Å². The molecule has 1 aromatic heterocycles. The molecule has 0 saturated heterocycles. The molecule has 1 heterocycles. The lowest BCUT2D eigenvalue weighted by Gasteiger charge is -2.26. The predicted molar refractivity (Wildman–Crippen MR) is 96.9 cm³/mol. The molecular formula is C16H20Cl3N3O2. The summed E-state index contributed by atoms with van der Waals surface area (Å²) in [6, 6.07) is -0.119. The van der Waals surface area contributed by atoms with E-state index in [0.717, 1.165) is 12.1 Å². The molecule has 2 rings (SSSR count). The van der Waals surface area contributed by atoms with Gasteiger partial charge >= 0.3 is 6.03 Å². The minimum Gasteiger partial charge on any atom is -0.369 e. The molecule has 0 aromatic carbocycles. The van der Waals surface area contributed by atoms with E-state index in [1.54, 1.807) is 23.2 Å². The van der Waals surface area contributed by atoms with Crippen molar-refractivity contribution in [2.24, 2.45) is 0 Å². The van der Waals surface area contributed by atoms with Gasteiger partial charge in [-0.25, -0.2) is 9.78 Å². The number of imidazole rings is 1. The third kappa shape index (κ3) is 4.76. The zero-order chi connectivity index (χ0) is 17.7. The van der Waals surface area contributed by atoms with E-state index in [1.165, 1.54) is 10.9 Å². The number of halogens is 3. The maximum Gasteiger partial charge on any atom is 0.329 e. The average molecular weight is 393 g/mol. The molecule has 1 amide bonds. The van der Waals surface area contributed by atoms with Crippen molar-refractivity contribution in [3.63, 3.8) is 0 Å². The van der Waals surface area contributed by atoms with Crippen molar-refractivity contribution >= 4 is 40.8 Å². The number of allylic oxidation sites excluding steroid dienone is 2. The van der Waals surface area contributed by atoms with Crippen molar-refractivity contribution in [3.8, 4) is 0 Å². The van der Waals surface area contributed by atoms with Gasteiger partial charge in [0.1, 0.15) is 12.4 Å².